The van der Waals surface area contributed by atoms with Crippen molar-refractivity contribution in [3.8, 4) is 16.9 Å². The molecule has 0 aliphatic heterocycles. The van der Waals surface area contributed by atoms with Crippen molar-refractivity contribution >= 4 is 17.8 Å². The number of aromatic hydroxyl groups is 1. The number of carbonyl (C=O) groups excluding carboxylic acids is 3. The number of carbonyl (C=O) groups is 3. The van der Waals surface area contributed by atoms with Crippen LogP contribution in [0.4, 0.5) is 4.79 Å². The molecule has 7 heteroatoms. The molecule has 0 heterocycles. The molecule has 0 saturated carbocycles. The number of ether oxygens (including phenoxy) is 1. The highest BCUT2D eigenvalue weighted by atomic mass is 16.5. The van der Waals surface area contributed by atoms with E-state index in [2.05, 4.69) is 10.6 Å². The average Bonchev–Trinajstić information content (AvgIpc) is 2.99. The Labute approximate surface area is 240 Å². The molecule has 3 N–H and O–H groups in total. The van der Waals surface area contributed by atoms with Gasteiger partial charge in [0, 0.05) is 25.8 Å². The van der Waals surface area contributed by atoms with Crippen LogP contribution in [-0.2, 0) is 33.8 Å². The molecule has 0 fully saturated rings. The first-order chi connectivity index (χ1) is 20.0. The number of hydrogen-bond acceptors (Lipinski definition) is 5. The first-order valence-corrected chi connectivity index (χ1v) is 13.6. The van der Waals surface area contributed by atoms with E-state index in [4.69, 9.17) is 4.74 Å². The largest absolute Gasteiger partial charge is 0.508 e. The number of rotatable bonds is 13. The van der Waals surface area contributed by atoms with Crippen molar-refractivity contribution in [3.05, 3.63) is 126 Å². The maximum Gasteiger partial charge on any atom is 0.408 e. The second kappa shape index (κ2) is 15.0. The number of Topliss-reactive ketones (excluding diaryl/α,β-unsaturated/α-hetero) is 1. The maximum atomic E-state index is 13.1. The zero-order chi connectivity index (χ0) is 28.9. The first-order valence-electron chi connectivity index (χ1n) is 13.6. The fourth-order valence-electron chi connectivity index (χ4n) is 4.42. The summed E-state index contributed by atoms with van der Waals surface area (Å²) in [7, 11) is 0. The second-order valence-corrected chi connectivity index (χ2v) is 9.81. The van der Waals surface area contributed by atoms with Crippen LogP contribution in [-0.4, -0.2) is 35.5 Å². The predicted octanol–water partition coefficient (Wildman–Crippen LogP) is 5.60. The number of phenols is 1. The number of hydrogen-bond donors (Lipinski definition) is 3. The van der Waals surface area contributed by atoms with Crippen LogP contribution >= 0.6 is 0 Å². The van der Waals surface area contributed by atoms with Crippen LogP contribution in [0.1, 0.15) is 29.5 Å². The van der Waals surface area contributed by atoms with Gasteiger partial charge in [-0.05, 0) is 46.4 Å². The van der Waals surface area contributed by atoms with E-state index >= 15 is 0 Å². The molecule has 0 spiro atoms. The lowest BCUT2D eigenvalue weighted by molar-refractivity contribution is -0.123. The number of alkyl carbamates (subject to hydrolysis) is 1. The zero-order valence-corrected chi connectivity index (χ0v) is 22.8. The summed E-state index contributed by atoms with van der Waals surface area (Å²) in [6, 6.07) is 32.9. The summed E-state index contributed by atoms with van der Waals surface area (Å²) in [4.78, 5) is 38.1. The van der Waals surface area contributed by atoms with Crippen LogP contribution in [0.3, 0.4) is 0 Å². The van der Waals surface area contributed by atoms with E-state index in [1.807, 2.05) is 84.9 Å². The lowest BCUT2D eigenvalue weighted by Gasteiger charge is -2.19. The molecular weight excluding hydrogens is 516 g/mol. The van der Waals surface area contributed by atoms with Crippen LogP contribution in [0.5, 0.6) is 5.75 Å². The molecule has 210 valence electrons. The van der Waals surface area contributed by atoms with Crippen molar-refractivity contribution in [3.63, 3.8) is 0 Å². The second-order valence-electron chi connectivity index (χ2n) is 9.81. The van der Waals surface area contributed by atoms with E-state index < -0.39 is 12.1 Å². The molecule has 0 bridgehead atoms. The monoisotopic (exact) mass is 550 g/mol. The van der Waals surface area contributed by atoms with Crippen LogP contribution in [0, 0.1) is 0 Å². The Morgan fingerprint density at radius 1 is 0.732 bits per heavy atom. The quantitative estimate of drug-likeness (QED) is 0.188. The smallest absolute Gasteiger partial charge is 0.408 e. The Bertz CT molecular complexity index is 1420. The summed E-state index contributed by atoms with van der Waals surface area (Å²) in [5.41, 5.74) is 4.62. The minimum atomic E-state index is -0.858. The molecular formula is C34H34N2O5. The van der Waals surface area contributed by atoms with Gasteiger partial charge < -0.3 is 20.5 Å². The highest BCUT2D eigenvalue weighted by Crippen LogP contribution is 2.20. The van der Waals surface area contributed by atoms with E-state index in [-0.39, 0.29) is 49.9 Å². The summed E-state index contributed by atoms with van der Waals surface area (Å²) >= 11 is 0. The molecule has 41 heavy (non-hydrogen) atoms. The Morgan fingerprint density at radius 2 is 1.39 bits per heavy atom. The van der Waals surface area contributed by atoms with Gasteiger partial charge >= 0.3 is 6.09 Å². The first kappa shape index (κ1) is 29.1. The van der Waals surface area contributed by atoms with Gasteiger partial charge in [-0.25, -0.2) is 4.79 Å². The molecule has 2 amide bonds. The van der Waals surface area contributed by atoms with Crippen LogP contribution in [0.25, 0.3) is 11.1 Å². The highest BCUT2D eigenvalue weighted by molar-refractivity contribution is 5.86. The molecule has 0 saturated heterocycles. The average molecular weight is 551 g/mol. The molecule has 0 radical (unpaired) electrons. The molecule has 0 aromatic heterocycles. The minimum absolute atomic E-state index is 0.0162. The summed E-state index contributed by atoms with van der Waals surface area (Å²) in [5.74, 6) is -0.213. The SMILES string of the molecule is O=C(CCCNC(=O)C(Cc1ccc(-c2ccccc2)cc1)NC(=O)OCc1ccccc1)Cc1cccc(O)c1. The van der Waals surface area contributed by atoms with Gasteiger partial charge in [-0.1, -0.05) is 97.1 Å². The third-order valence-corrected chi connectivity index (χ3v) is 6.57. The number of ketones is 1. The summed E-state index contributed by atoms with van der Waals surface area (Å²) in [6.07, 6.45) is 0.557. The van der Waals surface area contributed by atoms with Crippen molar-refractivity contribution in [2.75, 3.05) is 6.54 Å². The topological polar surface area (TPSA) is 105 Å². The standard InChI is InChI=1S/C34H34N2O5/c37-30-14-7-11-27(21-30)22-31(38)15-8-20-35-33(39)32(36-34(40)41-24-26-9-3-1-4-10-26)23-25-16-18-29(19-17-25)28-12-5-2-6-13-28/h1-7,9-14,16-19,21,32,37H,8,15,20,22-24H2,(H,35,39)(H,36,40). The molecule has 7 nitrogen and oxygen atoms in total. The van der Waals surface area contributed by atoms with Gasteiger partial charge in [0.1, 0.15) is 24.2 Å². The molecule has 0 aliphatic carbocycles. The van der Waals surface area contributed by atoms with Crippen molar-refractivity contribution in [1.29, 1.82) is 0 Å². The summed E-state index contributed by atoms with van der Waals surface area (Å²) in [6.45, 7) is 0.378. The van der Waals surface area contributed by atoms with Crippen molar-refractivity contribution < 1.29 is 24.2 Å². The fourth-order valence-corrected chi connectivity index (χ4v) is 4.42. The van der Waals surface area contributed by atoms with E-state index in [0.29, 0.717) is 6.42 Å². The predicted molar refractivity (Wildman–Crippen MR) is 158 cm³/mol. The van der Waals surface area contributed by atoms with Gasteiger partial charge in [0.15, 0.2) is 0 Å². The third-order valence-electron chi connectivity index (χ3n) is 6.57. The maximum absolute atomic E-state index is 13.1. The van der Waals surface area contributed by atoms with E-state index in [1.54, 1.807) is 24.3 Å². The number of benzene rings is 4. The summed E-state index contributed by atoms with van der Waals surface area (Å²) < 4.78 is 5.35. The fraction of sp³-hybridized carbons (Fsp3) is 0.206. The van der Waals surface area contributed by atoms with Gasteiger partial charge in [-0.15, -0.1) is 0 Å². The molecule has 4 aromatic carbocycles. The minimum Gasteiger partial charge on any atom is -0.508 e. The molecule has 4 aromatic rings. The lowest BCUT2D eigenvalue weighted by Crippen LogP contribution is -2.48. The van der Waals surface area contributed by atoms with E-state index in [9.17, 15) is 19.5 Å². The molecule has 0 aliphatic rings. The van der Waals surface area contributed by atoms with Gasteiger partial charge in [0.2, 0.25) is 5.91 Å². The summed E-state index contributed by atoms with van der Waals surface area (Å²) in [5, 5.41) is 15.1. The van der Waals surface area contributed by atoms with Crippen LogP contribution < -0.4 is 10.6 Å². The van der Waals surface area contributed by atoms with Gasteiger partial charge in [-0.2, -0.15) is 0 Å². The van der Waals surface area contributed by atoms with Gasteiger partial charge in [0.05, 0.1) is 0 Å². The zero-order valence-electron chi connectivity index (χ0n) is 22.8. The third kappa shape index (κ3) is 9.65. The van der Waals surface area contributed by atoms with Crippen molar-refractivity contribution in [1.82, 2.24) is 10.6 Å². The molecule has 1 atom stereocenters. The Hall–Kier alpha value is -4.91. The Balaban J connectivity index is 1.32. The van der Waals surface area contributed by atoms with E-state index in [0.717, 1.165) is 27.8 Å². The lowest BCUT2D eigenvalue weighted by atomic mass is 10.0. The normalized spacial score (nSPS) is 11.3. The van der Waals surface area contributed by atoms with Crippen LogP contribution in [0.2, 0.25) is 0 Å². The number of nitrogens with one attached hydrogen (secondary N) is 2. The number of amides is 2. The van der Waals surface area contributed by atoms with Crippen molar-refractivity contribution in [2.24, 2.45) is 0 Å². The van der Waals surface area contributed by atoms with Gasteiger partial charge in [-0.3, -0.25) is 9.59 Å². The van der Waals surface area contributed by atoms with Crippen molar-refractivity contribution in [2.45, 2.75) is 38.3 Å². The Morgan fingerprint density at radius 3 is 2.10 bits per heavy atom. The molecule has 1 unspecified atom stereocenters. The number of phenolic OH excluding ortho intramolecular Hbond substituents is 1. The van der Waals surface area contributed by atoms with Crippen LogP contribution in [0.15, 0.2) is 109 Å². The highest BCUT2D eigenvalue weighted by Gasteiger charge is 2.22. The Kier molecular flexibility index (Phi) is 10.7. The van der Waals surface area contributed by atoms with Gasteiger partial charge in [0.25, 0.3) is 0 Å². The van der Waals surface area contributed by atoms with E-state index in [1.165, 1.54) is 0 Å². The molecule has 4 rings (SSSR count).